The number of hydrogen-bond acceptors (Lipinski definition) is 5. The standard InChI is InChI=1S/C17H23N3O4/c18-17(22)15-12-20(6-9-24-15)16(21)11-13-2-1-3-14(10-13)19-4-7-23-8-5-19/h1-3,10,15H,4-9,11-12H2,(H2,18,22)/t15-/m1/s1. The molecule has 2 saturated heterocycles. The lowest BCUT2D eigenvalue weighted by Crippen LogP contribution is -2.50. The van der Waals surface area contributed by atoms with Gasteiger partial charge in [-0.2, -0.15) is 0 Å². The third-order valence-corrected chi connectivity index (χ3v) is 4.38. The van der Waals surface area contributed by atoms with Crippen LogP contribution in [0, 0.1) is 0 Å². The second kappa shape index (κ2) is 7.63. The largest absolute Gasteiger partial charge is 0.378 e. The Morgan fingerprint density at radius 2 is 1.96 bits per heavy atom. The van der Waals surface area contributed by atoms with Gasteiger partial charge in [0.2, 0.25) is 11.8 Å². The van der Waals surface area contributed by atoms with Gasteiger partial charge in [0.25, 0.3) is 0 Å². The number of nitrogens with zero attached hydrogens (tertiary/aromatic N) is 2. The van der Waals surface area contributed by atoms with E-state index in [0.29, 0.717) is 19.6 Å². The minimum absolute atomic E-state index is 0.0105. The first kappa shape index (κ1) is 16.7. The van der Waals surface area contributed by atoms with E-state index >= 15 is 0 Å². The van der Waals surface area contributed by atoms with Crippen LogP contribution in [0.15, 0.2) is 24.3 Å². The molecule has 7 heteroatoms. The fourth-order valence-corrected chi connectivity index (χ4v) is 3.02. The number of ether oxygens (including phenoxy) is 2. The Labute approximate surface area is 141 Å². The summed E-state index contributed by atoms with van der Waals surface area (Å²) in [6.07, 6.45) is -0.397. The van der Waals surface area contributed by atoms with Crippen LogP contribution in [0.2, 0.25) is 0 Å². The van der Waals surface area contributed by atoms with Crippen LogP contribution < -0.4 is 10.6 Å². The minimum atomic E-state index is -0.706. The van der Waals surface area contributed by atoms with E-state index in [2.05, 4.69) is 17.0 Å². The second-order valence-corrected chi connectivity index (χ2v) is 6.05. The molecule has 2 aliphatic heterocycles. The molecule has 0 aliphatic carbocycles. The van der Waals surface area contributed by atoms with E-state index in [1.807, 2.05) is 12.1 Å². The molecule has 2 N–H and O–H groups in total. The van der Waals surface area contributed by atoms with Gasteiger partial charge in [0, 0.05) is 25.3 Å². The van der Waals surface area contributed by atoms with Gasteiger partial charge in [0.15, 0.2) is 6.10 Å². The maximum Gasteiger partial charge on any atom is 0.248 e. The van der Waals surface area contributed by atoms with Gasteiger partial charge in [0.05, 0.1) is 32.8 Å². The van der Waals surface area contributed by atoms with Crippen molar-refractivity contribution in [2.24, 2.45) is 5.73 Å². The van der Waals surface area contributed by atoms with E-state index in [9.17, 15) is 9.59 Å². The Hall–Kier alpha value is -2.12. The van der Waals surface area contributed by atoms with E-state index in [1.165, 1.54) is 0 Å². The van der Waals surface area contributed by atoms with Crippen molar-refractivity contribution < 1.29 is 19.1 Å². The van der Waals surface area contributed by atoms with Crippen molar-refractivity contribution in [2.75, 3.05) is 50.9 Å². The number of nitrogens with two attached hydrogens (primary N) is 1. The predicted octanol–water partition coefficient (Wildman–Crippen LogP) is -0.222. The first-order valence-electron chi connectivity index (χ1n) is 8.24. The lowest BCUT2D eigenvalue weighted by molar-refractivity contribution is -0.145. The zero-order valence-corrected chi connectivity index (χ0v) is 13.6. The highest BCUT2D eigenvalue weighted by molar-refractivity contribution is 5.82. The van der Waals surface area contributed by atoms with Gasteiger partial charge >= 0.3 is 0 Å². The molecule has 24 heavy (non-hydrogen) atoms. The molecule has 130 valence electrons. The molecule has 0 aromatic heterocycles. The minimum Gasteiger partial charge on any atom is -0.378 e. The molecule has 2 fully saturated rings. The van der Waals surface area contributed by atoms with Crippen LogP contribution in [0.3, 0.4) is 0 Å². The Bertz CT molecular complexity index is 601. The number of hydrogen-bond donors (Lipinski definition) is 1. The first-order valence-corrected chi connectivity index (χ1v) is 8.24. The maximum absolute atomic E-state index is 12.5. The SMILES string of the molecule is NC(=O)[C@H]1CN(C(=O)Cc2cccc(N3CCOCC3)c2)CCO1. The molecule has 1 aromatic rings. The lowest BCUT2D eigenvalue weighted by atomic mass is 10.1. The molecular weight excluding hydrogens is 310 g/mol. The summed E-state index contributed by atoms with van der Waals surface area (Å²) in [6.45, 7) is 4.25. The highest BCUT2D eigenvalue weighted by Gasteiger charge is 2.27. The molecule has 0 saturated carbocycles. The average molecular weight is 333 g/mol. The van der Waals surface area contributed by atoms with Crippen molar-refractivity contribution in [1.29, 1.82) is 0 Å². The fraction of sp³-hybridized carbons (Fsp3) is 0.529. The molecule has 2 heterocycles. The average Bonchev–Trinajstić information content (AvgIpc) is 2.63. The summed E-state index contributed by atoms with van der Waals surface area (Å²) in [5, 5.41) is 0. The first-order chi connectivity index (χ1) is 11.6. The monoisotopic (exact) mass is 333 g/mol. The molecule has 2 aliphatic rings. The fourth-order valence-electron chi connectivity index (χ4n) is 3.02. The Kier molecular flexibility index (Phi) is 5.32. The Balaban J connectivity index is 1.62. The third kappa shape index (κ3) is 4.04. The van der Waals surface area contributed by atoms with E-state index < -0.39 is 12.0 Å². The van der Waals surface area contributed by atoms with Crippen LogP contribution in [-0.4, -0.2) is 68.8 Å². The van der Waals surface area contributed by atoms with Gasteiger partial charge in [-0.1, -0.05) is 12.1 Å². The van der Waals surface area contributed by atoms with Crippen molar-refractivity contribution in [3.05, 3.63) is 29.8 Å². The number of anilines is 1. The third-order valence-electron chi connectivity index (χ3n) is 4.38. The number of carbonyl (C=O) groups excluding carboxylic acids is 2. The maximum atomic E-state index is 12.5. The van der Waals surface area contributed by atoms with Gasteiger partial charge in [-0.3, -0.25) is 9.59 Å². The highest BCUT2D eigenvalue weighted by atomic mass is 16.5. The summed E-state index contributed by atoms with van der Waals surface area (Å²) in [5.74, 6) is -0.537. The van der Waals surface area contributed by atoms with Crippen molar-refractivity contribution in [3.63, 3.8) is 0 Å². The van der Waals surface area contributed by atoms with Crippen LogP contribution in [0.4, 0.5) is 5.69 Å². The number of rotatable bonds is 4. The number of benzene rings is 1. The number of primary amides is 1. The Morgan fingerprint density at radius 1 is 1.17 bits per heavy atom. The summed E-state index contributed by atoms with van der Waals surface area (Å²) in [5.41, 5.74) is 7.34. The molecule has 0 unspecified atom stereocenters. The predicted molar refractivity (Wildman–Crippen MR) is 88.7 cm³/mol. The molecule has 7 nitrogen and oxygen atoms in total. The van der Waals surface area contributed by atoms with Crippen LogP contribution in [-0.2, 0) is 25.5 Å². The van der Waals surface area contributed by atoms with E-state index in [4.69, 9.17) is 15.2 Å². The topological polar surface area (TPSA) is 85.1 Å². The molecule has 0 radical (unpaired) electrons. The summed E-state index contributed by atoms with van der Waals surface area (Å²) in [6, 6.07) is 8.03. The van der Waals surface area contributed by atoms with Crippen LogP contribution in [0.5, 0.6) is 0 Å². The highest BCUT2D eigenvalue weighted by Crippen LogP contribution is 2.18. The van der Waals surface area contributed by atoms with Crippen LogP contribution >= 0.6 is 0 Å². The van der Waals surface area contributed by atoms with E-state index in [0.717, 1.165) is 37.6 Å². The molecule has 0 bridgehead atoms. The quantitative estimate of drug-likeness (QED) is 0.823. The molecular formula is C17H23N3O4. The normalized spacial score (nSPS) is 21.6. The Morgan fingerprint density at radius 3 is 2.71 bits per heavy atom. The van der Waals surface area contributed by atoms with Gasteiger partial charge < -0.3 is 25.0 Å². The van der Waals surface area contributed by atoms with Crippen molar-refractivity contribution in [2.45, 2.75) is 12.5 Å². The zero-order chi connectivity index (χ0) is 16.9. The number of morpholine rings is 2. The van der Waals surface area contributed by atoms with E-state index in [1.54, 1.807) is 4.90 Å². The molecule has 0 spiro atoms. The summed E-state index contributed by atoms with van der Waals surface area (Å²) < 4.78 is 10.7. The number of amides is 2. The van der Waals surface area contributed by atoms with Crippen molar-refractivity contribution >= 4 is 17.5 Å². The summed E-state index contributed by atoms with van der Waals surface area (Å²) in [4.78, 5) is 27.7. The van der Waals surface area contributed by atoms with E-state index in [-0.39, 0.29) is 12.5 Å². The molecule has 2 amide bonds. The van der Waals surface area contributed by atoms with Gasteiger partial charge in [0.1, 0.15) is 0 Å². The molecule has 3 rings (SSSR count). The van der Waals surface area contributed by atoms with Crippen LogP contribution in [0.1, 0.15) is 5.56 Å². The van der Waals surface area contributed by atoms with Gasteiger partial charge in [-0.05, 0) is 17.7 Å². The summed E-state index contributed by atoms with van der Waals surface area (Å²) in [7, 11) is 0. The van der Waals surface area contributed by atoms with Crippen LogP contribution in [0.25, 0.3) is 0 Å². The van der Waals surface area contributed by atoms with Gasteiger partial charge in [-0.25, -0.2) is 0 Å². The molecule has 1 aromatic carbocycles. The summed E-state index contributed by atoms with van der Waals surface area (Å²) >= 11 is 0. The lowest BCUT2D eigenvalue weighted by Gasteiger charge is -2.31. The van der Waals surface area contributed by atoms with Crippen molar-refractivity contribution in [1.82, 2.24) is 4.90 Å². The second-order valence-electron chi connectivity index (χ2n) is 6.05. The van der Waals surface area contributed by atoms with Gasteiger partial charge in [-0.15, -0.1) is 0 Å². The number of carbonyl (C=O) groups is 2. The molecule has 1 atom stereocenters. The smallest absolute Gasteiger partial charge is 0.248 e. The van der Waals surface area contributed by atoms with Crippen molar-refractivity contribution in [3.8, 4) is 0 Å². The zero-order valence-electron chi connectivity index (χ0n) is 13.6.